The van der Waals surface area contributed by atoms with Crippen LogP contribution in [0.15, 0.2) is 24.3 Å². The minimum atomic E-state index is -1.49. The van der Waals surface area contributed by atoms with Crippen molar-refractivity contribution in [3.63, 3.8) is 0 Å². The van der Waals surface area contributed by atoms with Gasteiger partial charge in [-0.25, -0.2) is 0 Å². The Hall–Kier alpha value is -1.33. The highest BCUT2D eigenvalue weighted by Crippen LogP contribution is 2.23. The van der Waals surface area contributed by atoms with Crippen molar-refractivity contribution >= 4 is 18.5 Å². The van der Waals surface area contributed by atoms with E-state index in [9.17, 15) is 4.79 Å². The van der Waals surface area contributed by atoms with Crippen LogP contribution in [0.25, 0.3) is 0 Å². The molecule has 0 spiro atoms. The molecule has 96 valence electrons. The molecule has 2 unspecified atom stereocenters. The predicted octanol–water partition coefficient (Wildman–Crippen LogP) is 0.0944. The smallest absolute Gasteiger partial charge is 0.423 e. The summed E-state index contributed by atoms with van der Waals surface area (Å²) < 4.78 is 0. The minimum absolute atomic E-state index is 0.0187. The highest BCUT2D eigenvalue weighted by molar-refractivity contribution is 6.58. The number of carbonyl (C=O) groups excluding carboxylic acids is 1. The SMILES string of the molecule is CC1CN(C(=O)c2ccc(B(O)O)cc2)CC1C. The van der Waals surface area contributed by atoms with Crippen molar-refractivity contribution in [3.8, 4) is 0 Å². The zero-order valence-corrected chi connectivity index (χ0v) is 10.7. The summed E-state index contributed by atoms with van der Waals surface area (Å²) in [4.78, 5) is 14.1. The van der Waals surface area contributed by atoms with Gasteiger partial charge < -0.3 is 14.9 Å². The average Bonchev–Trinajstić information content (AvgIpc) is 2.69. The molecule has 1 heterocycles. The van der Waals surface area contributed by atoms with Gasteiger partial charge in [0.2, 0.25) is 0 Å². The third kappa shape index (κ3) is 2.57. The highest BCUT2D eigenvalue weighted by Gasteiger charge is 2.29. The molecule has 5 heteroatoms. The van der Waals surface area contributed by atoms with Crippen molar-refractivity contribution in [1.29, 1.82) is 0 Å². The highest BCUT2D eigenvalue weighted by atomic mass is 16.4. The van der Waals surface area contributed by atoms with Crippen molar-refractivity contribution in [2.24, 2.45) is 11.8 Å². The van der Waals surface area contributed by atoms with Gasteiger partial charge in [-0.1, -0.05) is 26.0 Å². The Balaban J connectivity index is 2.10. The number of hydrogen-bond acceptors (Lipinski definition) is 3. The normalized spacial score (nSPS) is 23.2. The molecule has 2 rings (SSSR count). The summed E-state index contributed by atoms with van der Waals surface area (Å²) in [5.41, 5.74) is 0.996. The van der Waals surface area contributed by atoms with E-state index in [0.717, 1.165) is 13.1 Å². The molecule has 0 saturated carbocycles. The molecule has 0 bridgehead atoms. The molecule has 1 amide bonds. The van der Waals surface area contributed by atoms with Crippen molar-refractivity contribution in [2.45, 2.75) is 13.8 Å². The van der Waals surface area contributed by atoms with Crippen molar-refractivity contribution < 1.29 is 14.8 Å². The number of nitrogens with zero attached hydrogens (tertiary/aromatic N) is 1. The van der Waals surface area contributed by atoms with Crippen LogP contribution in [0.2, 0.25) is 0 Å². The van der Waals surface area contributed by atoms with Crippen LogP contribution >= 0.6 is 0 Å². The first kappa shape index (κ1) is 13.1. The average molecular weight is 247 g/mol. The molecule has 2 atom stereocenters. The monoisotopic (exact) mass is 247 g/mol. The lowest BCUT2D eigenvalue weighted by Gasteiger charge is -2.16. The fourth-order valence-corrected chi connectivity index (χ4v) is 2.28. The summed E-state index contributed by atoms with van der Waals surface area (Å²) in [5.74, 6) is 1.09. The second-order valence-corrected chi connectivity index (χ2v) is 5.16. The van der Waals surface area contributed by atoms with E-state index in [2.05, 4.69) is 13.8 Å². The van der Waals surface area contributed by atoms with Crippen LogP contribution in [0, 0.1) is 11.8 Å². The second-order valence-electron chi connectivity index (χ2n) is 5.16. The summed E-state index contributed by atoms with van der Waals surface area (Å²) in [6.07, 6.45) is 0. The molecule has 0 aliphatic carbocycles. The van der Waals surface area contributed by atoms with E-state index in [-0.39, 0.29) is 5.91 Å². The third-order valence-corrected chi connectivity index (χ3v) is 3.73. The van der Waals surface area contributed by atoms with Crippen LogP contribution in [0.3, 0.4) is 0 Å². The predicted molar refractivity (Wildman–Crippen MR) is 70.5 cm³/mol. The van der Waals surface area contributed by atoms with E-state index in [1.165, 1.54) is 0 Å². The van der Waals surface area contributed by atoms with Crippen molar-refractivity contribution in [1.82, 2.24) is 4.90 Å². The molecule has 1 fully saturated rings. The van der Waals surface area contributed by atoms with Crippen LogP contribution in [0.5, 0.6) is 0 Å². The number of benzene rings is 1. The Labute approximate surface area is 107 Å². The van der Waals surface area contributed by atoms with E-state index in [1.54, 1.807) is 24.3 Å². The van der Waals surface area contributed by atoms with Gasteiger partial charge >= 0.3 is 7.12 Å². The molecule has 1 saturated heterocycles. The first-order valence-corrected chi connectivity index (χ1v) is 6.24. The Morgan fingerprint density at radius 3 is 2.11 bits per heavy atom. The van der Waals surface area contributed by atoms with Crippen molar-refractivity contribution in [3.05, 3.63) is 29.8 Å². The molecule has 2 N–H and O–H groups in total. The van der Waals surface area contributed by atoms with Crippen LogP contribution in [0.1, 0.15) is 24.2 Å². The molecule has 1 aliphatic heterocycles. The Kier molecular flexibility index (Phi) is 3.73. The van der Waals surface area contributed by atoms with E-state index < -0.39 is 7.12 Å². The van der Waals surface area contributed by atoms with Crippen LogP contribution < -0.4 is 5.46 Å². The van der Waals surface area contributed by atoms with E-state index in [1.807, 2.05) is 4.90 Å². The van der Waals surface area contributed by atoms with E-state index in [4.69, 9.17) is 10.0 Å². The maximum Gasteiger partial charge on any atom is 0.488 e. The molecule has 0 radical (unpaired) electrons. The second kappa shape index (κ2) is 5.12. The van der Waals surface area contributed by atoms with Crippen LogP contribution in [0.4, 0.5) is 0 Å². The van der Waals surface area contributed by atoms with Gasteiger partial charge in [-0.15, -0.1) is 0 Å². The van der Waals surface area contributed by atoms with Gasteiger partial charge in [0.25, 0.3) is 5.91 Å². The molecule has 1 aliphatic rings. The molecule has 4 nitrogen and oxygen atoms in total. The first-order valence-electron chi connectivity index (χ1n) is 6.24. The summed E-state index contributed by atoms with van der Waals surface area (Å²) in [5, 5.41) is 18.0. The third-order valence-electron chi connectivity index (χ3n) is 3.73. The number of carbonyl (C=O) groups is 1. The lowest BCUT2D eigenvalue weighted by atomic mass is 9.80. The van der Waals surface area contributed by atoms with Gasteiger partial charge in [0.05, 0.1) is 0 Å². The molecular weight excluding hydrogens is 229 g/mol. The maximum absolute atomic E-state index is 12.2. The number of likely N-dealkylation sites (tertiary alicyclic amines) is 1. The lowest BCUT2D eigenvalue weighted by Crippen LogP contribution is -2.31. The summed E-state index contributed by atoms with van der Waals surface area (Å²) in [7, 11) is -1.49. The van der Waals surface area contributed by atoms with Crippen LogP contribution in [-0.4, -0.2) is 41.1 Å². The zero-order chi connectivity index (χ0) is 13.3. The number of amides is 1. The molecule has 0 aromatic heterocycles. The van der Waals surface area contributed by atoms with E-state index in [0.29, 0.717) is 22.9 Å². The zero-order valence-electron chi connectivity index (χ0n) is 10.7. The Morgan fingerprint density at radius 2 is 1.67 bits per heavy atom. The Morgan fingerprint density at radius 1 is 1.17 bits per heavy atom. The Bertz CT molecular complexity index is 422. The molecule has 18 heavy (non-hydrogen) atoms. The molecular formula is C13H18BNO3. The standard InChI is InChI=1S/C13H18BNO3/c1-9-7-15(8-10(9)2)13(16)11-3-5-12(6-4-11)14(17)18/h3-6,9-10,17-18H,7-8H2,1-2H3. The topological polar surface area (TPSA) is 60.8 Å². The summed E-state index contributed by atoms with van der Waals surface area (Å²) >= 11 is 0. The fraction of sp³-hybridized carbons (Fsp3) is 0.462. The fourth-order valence-electron chi connectivity index (χ4n) is 2.28. The van der Waals surface area contributed by atoms with Crippen LogP contribution in [-0.2, 0) is 0 Å². The van der Waals surface area contributed by atoms with Gasteiger partial charge in [0.1, 0.15) is 0 Å². The summed E-state index contributed by atoms with van der Waals surface area (Å²) in [6.45, 7) is 5.90. The van der Waals surface area contributed by atoms with Gasteiger partial charge in [0.15, 0.2) is 0 Å². The van der Waals surface area contributed by atoms with Gasteiger partial charge in [-0.2, -0.15) is 0 Å². The quantitative estimate of drug-likeness (QED) is 0.728. The van der Waals surface area contributed by atoms with E-state index >= 15 is 0 Å². The van der Waals surface area contributed by atoms with Crippen molar-refractivity contribution in [2.75, 3.05) is 13.1 Å². The first-order chi connectivity index (χ1) is 8.49. The minimum Gasteiger partial charge on any atom is -0.423 e. The number of rotatable bonds is 2. The lowest BCUT2D eigenvalue weighted by molar-refractivity contribution is 0.0785. The molecule has 1 aromatic rings. The van der Waals surface area contributed by atoms with Gasteiger partial charge in [-0.05, 0) is 29.4 Å². The van der Waals surface area contributed by atoms with Gasteiger partial charge in [0, 0.05) is 18.7 Å². The number of hydrogen-bond donors (Lipinski definition) is 2. The molecule has 1 aromatic carbocycles. The summed E-state index contributed by atoms with van der Waals surface area (Å²) in [6, 6.07) is 6.43. The van der Waals surface area contributed by atoms with Gasteiger partial charge in [-0.3, -0.25) is 4.79 Å². The maximum atomic E-state index is 12.2. The largest absolute Gasteiger partial charge is 0.488 e.